The second kappa shape index (κ2) is 5.00. The normalized spacial score (nSPS) is 19.9. The fraction of sp³-hybridized carbons (Fsp3) is 0.800. The molecule has 1 atom stereocenters. The van der Waals surface area contributed by atoms with Crippen molar-refractivity contribution in [2.75, 3.05) is 13.1 Å². The Kier molecular flexibility index (Phi) is 3.94. The van der Waals surface area contributed by atoms with Gasteiger partial charge in [0, 0.05) is 19.5 Å². The largest absolute Gasteiger partial charge is 0.481 e. The maximum Gasteiger partial charge on any atom is 0.407 e. The molecule has 1 aliphatic rings. The molecule has 0 bridgehead atoms. The molecule has 15 heavy (non-hydrogen) atoms. The quantitative estimate of drug-likeness (QED) is 0.747. The van der Waals surface area contributed by atoms with Crippen molar-refractivity contribution in [2.24, 2.45) is 11.8 Å². The van der Waals surface area contributed by atoms with E-state index in [1.807, 2.05) is 6.92 Å². The predicted molar refractivity (Wildman–Crippen MR) is 53.7 cm³/mol. The van der Waals surface area contributed by atoms with Gasteiger partial charge < -0.3 is 15.1 Å². The number of hydrogen-bond acceptors (Lipinski definition) is 2. The molecule has 2 N–H and O–H groups in total. The van der Waals surface area contributed by atoms with Crippen LogP contribution in [0.25, 0.3) is 0 Å². The summed E-state index contributed by atoms with van der Waals surface area (Å²) in [7, 11) is 0. The number of likely N-dealkylation sites (tertiary alicyclic amines) is 1. The first-order chi connectivity index (χ1) is 7.00. The summed E-state index contributed by atoms with van der Waals surface area (Å²) in [5.74, 6) is -0.293. The van der Waals surface area contributed by atoms with Crippen molar-refractivity contribution < 1.29 is 19.8 Å². The molecule has 86 valence electrons. The van der Waals surface area contributed by atoms with Gasteiger partial charge in [0.25, 0.3) is 0 Å². The first kappa shape index (κ1) is 11.8. The molecule has 1 rings (SSSR count). The van der Waals surface area contributed by atoms with Crippen molar-refractivity contribution >= 4 is 12.1 Å². The van der Waals surface area contributed by atoms with Crippen LogP contribution in [0.5, 0.6) is 0 Å². The predicted octanol–water partition coefficient (Wildman–Crippen LogP) is 1.49. The third-order valence-corrected chi connectivity index (χ3v) is 3.11. The summed E-state index contributed by atoms with van der Waals surface area (Å²) in [5, 5.41) is 17.4. The molecule has 0 aromatic heterocycles. The molecule has 5 nitrogen and oxygen atoms in total. The second-order valence-electron chi connectivity index (χ2n) is 4.18. The van der Waals surface area contributed by atoms with Crippen LogP contribution in [0.4, 0.5) is 4.79 Å². The van der Waals surface area contributed by atoms with Crippen LogP contribution in [0.1, 0.15) is 26.2 Å². The Morgan fingerprint density at radius 2 is 1.87 bits per heavy atom. The monoisotopic (exact) mass is 215 g/mol. The Morgan fingerprint density at radius 3 is 2.27 bits per heavy atom. The number of nitrogens with zero attached hydrogens (tertiary/aromatic N) is 1. The van der Waals surface area contributed by atoms with E-state index in [1.54, 1.807) is 0 Å². The third-order valence-electron chi connectivity index (χ3n) is 3.11. The van der Waals surface area contributed by atoms with Crippen LogP contribution in [0.2, 0.25) is 0 Å². The van der Waals surface area contributed by atoms with E-state index in [2.05, 4.69) is 0 Å². The maximum absolute atomic E-state index is 10.6. The molecule has 0 spiro atoms. The van der Waals surface area contributed by atoms with Crippen LogP contribution in [0.3, 0.4) is 0 Å². The summed E-state index contributed by atoms with van der Waals surface area (Å²) >= 11 is 0. The summed E-state index contributed by atoms with van der Waals surface area (Å²) in [4.78, 5) is 22.6. The number of amides is 1. The molecule has 5 heteroatoms. The van der Waals surface area contributed by atoms with Crippen molar-refractivity contribution in [3.05, 3.63) is 0 Å². The molecular formula is C10H17NO4. The summed E-state index contributed by atoms with van der Waals surface area (Å²) in [6, 6.07) is 0. The Labute approximate surface area is 88.7 Å². The van der Waals surface area contributed by atoms with E-state index in [-0.39, 0.29) is 12.3 Å². The lowest BCUT2D eigenvalue weighted by Gasteiger charge is -2.32. The molecule has 1 fully saturated rings. The summed E-state index contributed by atoms with van der Waals surface area (Å²) < 4.78 is 0. The number of rotatable bonds is 3. The fourth-order valence-electron chi connectivity index (χ4n) is 2.10. The van der Waals surface area contributed by atoms with Crippen molar-refractivity contribution in [3.8, 4) is 0 Å². The van der Waals surface area contributed by atoms with Gasteiger partial charge in [-0.15, -0.1) is 0 Å². The Bertz CT molecular complexity index is 246. The maximum atomic E-state index is 10.6. The molecule has 0 unspecified atom stereocenters. The average Bonchev–Trinajstić information content (AvgIpc) is 2.17. The Hall–Kier alpha value is -1.26. The molecular weight excluding hydrogens is 198 g/mol. The highest BCUT2D eigenvalue weighted by Crippen LogP contribution is 2.26. The number of piperidine rings is 1. The minimum Gasteiger partial charge on any atom is -0.481 e. The highest BCUT2D eigenvalue weighted by molar-refractivity contribution is 5.67. The van der Waals surface area contributed by atoms with Crippen LogP contribution < -0.4 is 0 Å². The number of hydrogen-bond donors (Lipinski definition) is 2. The molecule has 0 aliphatic carbocycles. The molecule has 1 saturated heterocycles. The standard InChI is InChI=1S/C10H17NO4/c1-7(6-9(12)13)8-2-4-11(5-3-8)10(14)15/h7-8H,2-6H2,1H3,(H,12,13)(H,14,15)/t7-/m1/s1. The molecule has 0 aromatic rings. The van der Waals surface area contributed by atoms with Crippen LogP contribution in [0, 0.1) is 11.8 Å². The van der Waals surface area contributed by atoms with Crippen LogP contribution in [-0.2, 0) is 4.79 Å². The number of aliphatic carboxylic acids is 1. The van der Waals surface area contributed by atoms with Crippen LogP contribution in [0.15, 0.2) is 0 Å². The van der Waals surface area contributed by atoms with Gasteiger partial charge in [0.15, 0.2) is 0 Å². The molecule has 0 radical (unpaired) electrons. The smallest absolute Gasteiger partial charge is 0.407 e. The van der Waals surface area contributed by atoms with E-state index < -0.39 is 12.1 Å². The SMILES string of the molecule is C[C@H](CC(=O)O)C1CCN(C(=O)O)CC1. The van der Waals surface area contributed by atoms with E-state index in [4.69, 9.17) is 10.2 Å². The summed E-state index contributed by atoms with van der Waals surface area (Å²) in [6.07, 6.45) is 0.860. The minimum absolute atomic E-state index is 0.137. The molecule has 0 saturated carbocycles. The van der Waals surface area contributed by atoms with Gasteiger partial charge in [-0.2, -0.15) is 0 Å². The highest BCUT2D eigenvalue weighted by atomic mass is 16.4. The van der Waals surface area contributed by atoms with E-state index in [0.29, 0.717) is 19.0 Å². The first-order valence-electron chi connectivity index (χ1n) is 5.20. The third kappa shape index (κ3) is 3.42. The summed E-state index contributed by atoms with van der Waals surface area (Å²) in [5.41, 5.74) is 0. The zero-order valence-electron chi connectivity index (χ0n) is 8.85. The van der Waals surface area contributed by atoms with Crippen molar-refractivity contribution in [1.29, 1.82) is 0 Å². The summed E-state index contributed by atoms with van der Waals surface area (Å²) in [6.45, 7) is 2.99. The van der Waals surface area contributed by atoms with Gasteiger partial charge in [0.2, 0.25) is 0 Å². The molecule has 1 amide bonds. The Morgan fingerprint density at radius 1 is 1.33 bits per heavy atom. The van der Waals surface area contributed by atoms with Gasteiger partial charge in [0.1, 0.15) is 0 Å². The van der Waals surface area contributed by atoms with Crippen molar-refractivity contribution in [3.63, 3.8) is 0 Å². The molecule has 0 aromatic carbocycles. The van der Waals surface area contributed by atoms with Gasteiger partial charge in [-0.25, -0.2) is 4.79 Å². The van der Waals surface area contributed by atoms with Crippen molar-refractivity contribution in [1.82, 2.24) is 4.90 Å². The zero-order valence-corrected chi connectivity index (χ0v) is 8.85. The lowest BCUT2D eigenvalue weighted by molar-refractivity contribution is -0.138. The average molecular weight is 215 g/mol. The Balaban J connectivity index is 2.36. The van der Waals surface area contributed by atoms with E-state index in [1.165, 1.54) is 4.90 Å². The van der Waals surface area contributed by atoms with E-state index in [0.717, 1.165) is 12.8 Å². The first-order valence-corrected chi connectivity index (χ1v) is 5.20. The van der Waals surface area contributed by atoms with Gasteiger partial charge in [0.05, 0.1) is 0 Å². The van der Waals surface area contributed by atoms with Gasteiger partial charge in [-0.05, 0) is 24.7 Å². The lowest BCUT2D eigenvalue weighted by atomic mass is 9.84. The van der Waals surface area contributed by atoms with Crippen molar-refractivity contribution in [2.45, 2.75) is 26.2 Å². The zero-order chi connectivity index (χ0) is 11.4. The minimum atomic E-state index is -0.876. The van der Waals surface area contributed by atoms with E-state index in [9.17, 15) is 9.59 Å². The van der Waals surface area contributed by atoms with Crippen LogP contribution in [-0.4, -0.2) is 40.3 Å². The number of carbonyl (C=O) groups is 2. The molecule has 1 aliphatic heterocycles. The number of carboxylic acids is 1. The molecule has 1 heterocycles. The highest BCUT2D eigenvalue weighted by Gasteiger charge is 2.26. The van der Waals surface area contributed by atoms with Gasteiger partial charge in [-0.3, -0.25) is 4.79 Å². The van der Waals surface area contributed by atoms with Gasteiger partial charge >= 0.3 is 12.1 Å². The van der Waals surface area contributed by atoms with E-state index >= 15 is 0 Å². The van der Waals surface area contributed by atoms with Gasteiger partial charge in [-0.1, -0.05) is 6.92 Å². The second-order valence-corrected chi connectivity index (χ2v) is 4.18. The fourth-order valence-corrected chi connectivity index (χ4v) is 2.10. The lowest BCUT2D eigenvalue weighted by Crippen LogP contribution is -2.39. The number of carboxylic acid groups (broad SMARTS) is 2. The van der Waals surface area contributed by atoms with Crippen LogP contribution >= 0.6 is 0 Å². The topological polar surface area (TPSA) is 77.8 Å².